The lowest BCUT2D eigenvalue weighted by Crippen LogP contribution is -2.34. The minimum Gasteiger partial charge on any atom is -0.300 e. The van der Waals surface area contributed by atoms with E-state index in [-0.39, 0.29) is 0 Å². The van der Waals surface area contributed by atoms with E-state index in [9.17, 15) is 0 Å². The Balaban J connectivity index is 1.62. The Hall–Kier alpha value is -0.0400. The predicted molar refractivity (Wildman–Crippen MR) is 54.7 cm³/mol. The van der Waals surface area contributed by atoms with Crippen molar-refractivity contribution in [1.82, 2.24) is 4.90 Å². The van der Waals surface area contributed by atoms with Crippen LogP contribution in [0.4, 0.5) is 0 Å². The van der Waals surface area contributed by atoms with Gasteiger partial charge in [-0.25, -0.2) is 0 Å². The lowest BCUT2D eigenvalue weighted by Gasteiger charge is -2.38. The maximum Gasteiger partial charge on any atom is 0.00730 e. The summed E-state index contributed by atoms with van der Waals surface area (Å²) in [5.41, 5.74) is 0.800. The third-order valence-electron chi connectivity index (χ3n) is 4.49. The molecule has 1 aliphatic heterocycles. The molecule has 74 valence electrons. The highest BCUT2D eigenvalue weighted by molar-refractivity contribution is 5.00. The van der Waals surface area contributed by atoms with Gasteiger partial charge in [-0.3, -0.25) is 4.90 Å². The van der Waals surface area contributed by atoms with E-state index < -0.39 is 0 Å². The van der Waals surface area contributed by atoms with Crippen molar-refractivity contribution in [1.29, 1.82) is 0 Å². The summed E-state index contributed by atoms with van der Waals surface area (Å²) in [6, 6.07) is 0.890. The van der Waals surface area contributed by atoms with E-state index in [0.29, 0.717) is 0 Å². The second-order valence-electron chi connectivity index (χ2n) is 5.78. The zero-order valence-electron chi connectivity index (χ0n) is 8.76. The Bertz CT molecular complexity index is 203. The third kappa shape index (κ3) is 1.41. The number of rotatable bonds is 2. The maximum absolute atomic E-state index is 2.77. The molecule has 2 aliphatic carbocycles. The molecular formula is C12H21N. The van der Waals surface area contributed by atoms with E-state index in [2.05, 4.69) is 11.8 Å². The highest BCUT2D eigenvalue weighted by Crippen LogP contribution is 2.50. The van der Waals surface area contributed by atoms with Crippen LogP contribution in [0.5, 0.6) is 0 Å². The molecule has 1 saturated heterocycles. The fourth-order valence-corrected chi connectivity index (χ4v) is 3.32. The van der Waals surface area contributed by atoms with Gasteiger partial charge in [0.25, 0.3) is 0 Å². The summed E-state index contributed by atoms with van der Waals surface area (Å²) < 4.78 is 0. The molecule has 1 heteroatoms. The maximum atomic E-state index is 2.77. The van der Waals surface area contributed by atoms with E-state index in [0.717, 1.165) is 17.4 Å². The zero-order chi connectivity index (χ0) is 8.89. The topological polar surface area (TPSA) is 3.24 Å². The Morgan fingerprint density at radius 2 is 2.08 bits per heavy atom. The van der Waals surface area contributed by atoms with Crippen molar-refractivity contribution < 1.29 is 0 Å². The Morgan fingerprint density at radius 3 is 2.54 bits per heavy atom. The molecule has 0 N–H and O–H groups in total. The van der Waals surface area contributed by atoms with Crippen molar-refractivity contribution in [3.8, 4) is 0 Å². The first-order chi connectivity index (χ1) is 6.27. The highest BCUT2D eigenvalue weighted by atomic mass is 15.2. The van der Waals surface area contributed by atoms with Crippen LogP contribution < -0.4 is 0 Å². The Morgan fingerprint density at radius 1 is 1.31 bits per heavy atom. The standard InChI is InChI=1S/C12H21N/c1-10-7-12(5-2-6-12)9-13(10)8-11-3-4-11/h10-11H,2-9H2,1H3. The molecule has 1 spiro atoms. The van der Waals surface area contributed by atoms with Gasteiger partial charge in [0.2, 0.25) is 0 Å². The van der Waals surface area contributed by atoms with Crippen molar-refractivity contribution in [2.75, 3.05) is 13.1 Å². The van der Waals surface area contributed by atoms with Crippen molar-refractivity contribution in [2.45, 2.75) is 51.5 Å². The van der Waals surface area contributed by atoms with Crippen LogP contribution in [0, 0.1) is 11.3 Å². The van der Waals surface area contributed by atoms with E-state index in [4.69, 9.17) is 0 Å². The summed E-state index contributed by atoms with van der Waals surface area (Å²) in [6.45, 7) is 5.29. The van der Waals surface area contributed by atoms with Gasteiger partial charge in [0.15, 0.2) is 0 Å². The van der Waals surface area contributed by atoms with Gasteiger partial charge in [0.1, 0.15) is 0 Å². The van der Waals surface area contributed by atoms with Crippen molar-refractivity contribution in [2.24, 2.45) is 11.3 Å². The summed E-state index contributed by atoms with van der Waals surface area (Å²) in [5.74, 6) is 1.08. The molecule has 1 nitrogen and oxygen atoms in total. The monoisotopic (exact) mass is 179 g/mol. The smallest absolute Gasteiger partial charge is 0.00730 e. The number of nitrogens with zero attached hydrogens (tertiary/aromatic N) is 1. The van der Waals surface area contributed by atoms with E-state index in [1.807, 2.05) is 0 Å². The van der Waals surface area contributed by atoms with Gasteiger partial charge in [-0.05, 0) is 50.4 Å². The van der Waals surface area contributed by atoms with E-state index in [1.165, 1.54) is 51.6 Å². The first kappa shape index (κ1) is 8.28. The molecule has 0 aromatic heterocycles. The third-order valence-corrected chi connectivity index (χ3v) is 4.49. The van der Waals surface area contributed by atoms with E-state index in [1.54, 1.807) is 0 Å². The average molecular weight is 179 g/mol. The molecule has 13 heavy (non-hydrogen) atoms. The molecule has 3 rings (SSSR count). The summed E-state index contributed by atoms with van der Waals surface area (Å²) in [7, 11) is 0. The number of hydrogen-bond acceptors (Lipinski definition) is 1. The van der Waals surface area contributed by atoms with Crippen molar-refractivity contribution in [3.05, 3.63) is 0 Å². The number of likely N-dealkylation sites (tertiary alicyclic amines) is 1. The van der Waals surface area contributed by atoms with Crippen LogP contribution in [-0.2, 0) is 0 Å². The van der Waals surface area contributed by atoms with E-state index >= 15 is 0 Å². The lowest BCUT2D eigenvalue weighted by molar-refractivity contribution is 0.137. The quantitative estimate of drug-likeness (QED) is 0.630. The van der Waals surface area contributed by atoms with Gasteiger partial charge >= 0.3 is 0 Å². The van der Waals surface area contributed by atoms with Crippen LogP contribution in [0.15, 0.2) is 0 Å². The second kappa shape index (κ2) is 2.73. The van der Waals surface area contributed by atoms with Gasteiger partial charge in [0, 0.05) is 19.1 Å². The molecule has 0 radical (unpaired) electrons. The zero-order valence-corrected chi connectivity index (χ0v) is 8.76. The summed E-state index contributed by atoms with van der Waals surface area (Å²) in [5, 5.41) is 0. The van der Waals surface area contributed by atoms with Gasteiger partial charge < -0.3 is 0 Å². The molecule has 2 saturated carbocycles. The SMILES string of the molecule is CC1CC2(CCC2)CN1CC1CC1. The molecule has 0 amide bonds. The first-order valence-electron chi connectivity index (χ1n) is 6.02. The van der Waals surface area contributed by atoms with Crippen LogP contribution in [0.3, 0.4) is 0 Å². The van der Waals surface area contributed by atoms with Gasteiger partial charge in [-0.2, -0.15) is 0 Å². The van der Waals surface area contributed by atoms with Crippen molar-refractivity contribution >= 4 is 0 Å². The number of hydrogen-bond donors (Lipinski definition) is 0. The van der Waals surface area contributed by atoms with Gasteiger partial charge in [-0.1, -0.05) is 6.42 Å². The fourth-order valence-electron chi connectivity index (χ4n) is 3.32. The summed E-state index contributed by atoms with van der Waals surface area (Å²) >= 11 is 0. The van der Waals surface area contributed by atoms with Gasteiger partial charge in [0.05, 0.1) is 0 Å². The molecule has 1 heterocycles. The van der Waals surface area contributed by atoms with Crippen LogP contribution in [0.2, 0.25) is 0 Å². The fraction of sp³-hybridized carbons (Fsp3) is 1.00. The minimum absolute atomic E-state index is 0.800. The largest absolute Gasteiger partial charge is 0.300 e. The summed E-state index contributed by atoms with van der Waals surface area (Å²) in [6.07, 6.45) is 9.08. The molecule has 1 atom stereocenters. The molecule has 0 aromatic carbocycles. The molecule has 0 aromatic rings. The predicted octanol–water partition coefficient (Wildman–Crippen LogP) is 2.66. The highest BCUT2D eigenvalue weighted by Gasteiger charge is 2.46. The summed E-state index contributed by atoms with van der Waals surface area (Å²) in [4.78, 5) is 2.77. The molecule has 0 bridgehead atoms. The first-order valence-corrected chi connectivity index (χ1v) is 6.02. The van der Waals surface area contributed by atoms with Gasteiger partial charge in [-0.15, -0.1) is 0 Å². The molecular weight excluding hydrogens is 158 g/mol. The van der Waals surface area contributed by atoms with Crippen LogP contribution in [0.1, 0.15) is 45.4 Å². The van der Waals surface area contributed by atoms with Crippen LogP contribution >= 0.6 is 0 Å². The second-order valence-corrected chi connectivity index (χ2v) is 5.78. The van der Waals surface area contributed by atoms with Crippen LogP contribution in [0.25, 0.3) is 0 Å². The minimum atomic E-state index is 0.800. The molecule has 1 unspecified atom stereocenters. The Kier molecular flexibility index (Phi) is 1.74. The molecule has 3 fully saturated rings. The normalized spacial score (nSPS) is 38.1. The molecule has 3 aliphatic rings. The average Bonchev–Trinajstić information content (AvgIpc) is 2.76. The van der Waals surface area contributed by atoms with Crippen LogP contribution in [-0.4, -0.2) is 24.0 Å². The Labute approximate surface area is 81.5 Å². The van der Waals surface area contributed by atoms with Crippen molar-refractivity contribution in [3.63, 3.8) is 0 Å². The lowest BCUT2D eigenvalue weighted by atomic mass is 9.68.